The molecule has 2 aromatic carbocycles. The van der Waals surface area contributed by atoms with Crippen molar-refractivity contribution in [1.29, 1.82) is 0 Å². The van der Waals surface area contributed by atoms with Crippen molar-refractivity contribution in [2.75, 3.05) is 34.1 Å². The van der Waals surface area contributed by atoms with Crippen LogP contribution in [0.1, 0.15) is 11.1 Å². The highest BCUT2D eigenvalue weighted by Gasteiger charge is 2.15. The molecule has 1 heterocycles. The molecule has 26 heavy (non-hydrogen) atoms. The first-order chi connectivity index (χ1) is 12.6. The van der Waals surface area contributed by atoms with E-state index in [-0.39, 0.29) is 6.79 Å². The van der Waals surface area contributed by atoms with Crippen LogP contribution in [0.3, 0.4) is 0 Å². The van der Waals surface area contributed by atoms with Gasteiger partial charge in [-0.2, -0.15) is 0 Å². The van der Waals surface area contributed by atoms with Crippen LogP contribution < -0.4 is 19.1 Å². The van der Waals surface area contributed by atoms with Gasteiger partial charge >= 0.3 is 0 Å². The van der Waals surface area contributed by atoms with Crippen molar-refractivity contribution in [2.45, 2.75) is 19.3 Å². The van der Waals surface area contributed by atoms with Crippen LogP contribution in [-0.2, 0) is 17.9 Å². The number of hydrogen-bond acceptors (Lipinski definition) is 5. The number of aliphatic hydroxyl groups is 1. The second-order valence-corrected chi connectivity index (χ2v) is 6.55. The van der Waals surface area contributed by atoms with Crippen LogP contribution in [0.2, 0.25) is 0 Å². The number of aliphatic hydroxyl groups excluding tert-OH is 1. The van der Waals surface area contributed by atoms with Crippen molar-refractivity contribution in [2.24, 2.45) is 0 Å². The largest absolute Gasteiger partial charge is 0.497 e. The van der Waals surface area contributed by atoms with Gasteiger partial charge in [0.1, 0.15) is 24.9 Å². The van der Waals surface area contributed by atoms with E-state index in [4.69, 9.17) is 18.9 Å². The summed E-state index contributed by atoms with van der Waals surface area (Å²) < 4.78 is 21.5. The lowest BCUT2D eigenvalue weighted by Gasteiger charge is -2.18. The highest BCUT2D eigenvalue weighted by molar-refractivity contribution is 5.44. The lowest BCUT2D eigenvalue weighted by molar-refractivity contribution is -0.897. The maximum Gasteiger partial charge on any atom is 0.231 e. The van der Waals surface area contributed by atoms with Gasteiger partial charge < -0.3 is 29.0 Å². The first kappa shape index (κ1) is 18.5. The van der Waals surface area contributed by atoms with Crippen molar-refractivity contribution >= 4 is 0 Å². The SMILES string of the molecule is COc1cccc(C[NH+](C)C[C@H](O)COCc2ccc3c(c2)OCO3)c1. The van der Waals surface area contributed by atoms with Gasteiger partial charge in [-0.15, -0.1) is 0 Å². The van der Waals surface area contributed by atoms with E-state index < -0.39 is 6.10 Å². The summed E-state index contributed by atoms with van der Waals surface area (Å²) >= 11 is 0. The van der Waals surface area contributed by atoms with Gasteiger partial charge in [-0.3, -0.25) is 0 Å². The third kappa shape index (κ3) is 5.11. The Kier molecular flexibility index (Phi) is 6.33. The van der Waals surface area contributed by atoms with Crippen LogP contribution in [0.25, 0.3) is 0 Å². The zero-order valence-electron chi connectivity index (χ0n) is 15.2. The molecule has 0 radical (unpaired) electrons. The van der Waals surface area contributed by atoms with Crippen LogP contribution in [0.4, 0.5) is 0 Å². The number of methoxy groups -OCH3 is 1. The number of likely N-dealkylation sites (N-methyl/N-ethyl adjacent to an activating group) is 1. The molecule has 0 saturated carbocycles. The normalized spacial score (nSPS) is 14.9. The predicted octanol–water partition coefficient (Wildman–Crippen LogP) is 1.02. The molecule has 0 spiro atoms. The second kappa shape index (κ2) is 8.89. The molecule has 6 heteroatoms. The fraction of sp³-hybridized carbons (Fsp3) is 0.400. The summed E-state index contributed by atoms with van der Waals surface area (Å²) in [5.74, 6) is 2.36. The fourth-order valence-electron chi connectivity index (χ4n) is 3.01. The topological polar surface area (TPSA) is 61.6 Å². The molecule has 0 aromatic heterocycles. The van der Waals surface area contributed by atoms with E-state index >= 15 is 0 Å². The summed E-state index contributed by atoms with van der Waals surface area (Å²) in [6.45, 7) is 2.42. The third-order valence-corrected chi connectivity index (χ3v) is 4.24. The van der Waals surface area contributed by atoms with E-state index in [0.717, 1.165) is 29.4 Å². The molecule has 0 aliphatic carbocycles. The van der Waals surface area contributed by atoms with Gasteiger partial charge in [-0.25, -0.2) is 0 Å². The van der Waals surface area contributed by atoms with Crippen LogP contribution in [0.5, 0.6) is 17.2 Å². The molecule has 0 bridgehead atoms. The summed E-state index contributed by atoms with van der Waals surface area (Å²) in [4.78, 5) is 1.21. The van der Waals surface area contributed by atoms with E-state index in [1.165, 1.54) is 10.5 Å². The van der Waals surface area contributed by atoms with E-state index in [9.17, 15) is 5.11 Å². The molecule has 2 atom stereocenters. The van der Waals surface area contributed by atoms with E-state index in [0.29, 0.717) is 19.8 Å². The van der Waals surface area contributed by atoms with Gasteiger partial charge in [-0.1, -0.05) is 18.2 Å². The van der Waals surface area contributed by atoms with Crippen LogP contribution in [0, 0.1) is 0 Å². The number of benzene rings is 2. The quantitative estimate of drug-likeness (QED) is 0.699. The molecule has 0 fully saturated rings. The van der Waals surface area contributed by atoms with Crippen molar-refractivity contribution in [3.8, 4) is 17.2 Å². The van der Waals surface area contributed by atoms with Gasteiger partial charge in [0.15, 0.2) is 11.5 Å². The standard InChI is InChI=1S/C20H25NO5/c1-21(10-15-4-3-5-18(8-15)23-2)11-17(22)13-24-12-16-6-7-19-20(9-16)26-14-25-19/h3-9,17,22H,10-14H2,1-2H3/p+1/t17-/m0/s1. The molecular weight excluding hydrogens is 334 g/mol. The number of hydrogen-bond donors (Lipinski definition) is 2. The average Bonchev–Trinajstić information content (AvgIpc) is 3.09. The maximum absolute atomic E-state index is 10.2. The first-order valence-electron chi connectivity index (χ1n) is 8.72. The smallest absolute Gasteiger partial charge is 0.231 e. The lowest BCUT2D eigenvalue weighted by Crippen LogP contribution is -3.08. The summed E-state index contributed by atoms with van der Waals surface area (Å²) in [6, 6.07) is 13.7. The molecule has 0 saturated heterocycles. The molecule has 6 nitrogen and oxygen atoms in total. The van der Waals surface area contributed by atoms with E-state index in [1.54, 1.807) is 7.11 Å². The molecule has 140 valence electrons. The Morgan fingerprint density at radius 1 is 1.12 bits per heavy atom. The van der Waals surface area contributed by atoms with E-state index in [1.807, 2.05) is 36.4 Å². The highest BCUT2D eigenvalue weighted by atomic mass is 16.7. The maximum atomic E-state index is 10.2. The number of rotatable bonds is 9. The molecule has 1 aliphatic rings. The molecule has 2 aromatic rings. The molecule has 1 aliphatic heterocycles. The molecule has 1 unspecified atom stereocenters. The number of ether oxygens (including phenoxy) is 4. The lowest BCUT2D eigenvalue weighted by atomic mass is 10.2. The summed E-state index contributed by atoms with van der Waals surface area (Å²) in [6.07, 6.45) is -0.519. The van der Waals surface area contributed by atoms with Gasteiger partial charge in [0, 0.05) is 5.56 Å². The fourth-order valence-corrected chi connectivity index (χ4v) is 3.01. The molecule has 2 N–H and O–H groups in total. The van der Waals surface area contributed by atoms with Crippen molar-refractivity contribution < 1.29 is 29.0 Å². The van der Waals surface area contributed by atoms with Crippen molar-refractivity contribution in [3.05, 3.63) is 53.6 Å². The third-order valence-electron chi connectivity index (χ3n) is 4.24. The summed E-state index contributed by atoms with van der Waals surface area (Å²) in [5.41, 5.74) is 2.17. The number of nitrogens with one attached hydrogen (secondary N) is 1. The Balaban J connectivity index is 1.40. The number of fused-ring (bicyclic) bond motifs is 1. The molecule has 3 rings (SSSR count). The monoisotopic (exact) mass is 360 g/mol. The Morgan fingerprint density at radius 2 is 1.96 bits per heavy atom. The highest BCUT2D eigenvalue weighted by Crippen LogP contribution is 2.32. The van der Waals surface area contributed by atoms with Gasteiger partial charge in [-0.05, 0) is 29.8 Å². The minimum atomic E-state index is -0.519. The van der Waals surface area contributed by atoms with E-state index in [2.05, 4.69) is 13.1 Å². The average molecular weight is 360 g/mol. The van der Waals surface area contributed by atoms with Crippen LogP contribution >= 0.6 is 0 Å². The van der Waals surface area contributed by atoms with Crippen molar-refractivity contribution in [1.82, 2.24) is 0 Å². The Hall–Kier alpha value is -2.28. The first-order valence-corrected chi connectivity index (χ1v) is 8.72. The zero-order valence-corrected chi connectivity index (χ0v) is 15.2. The summed E-state index contributed by atoms with van der Waals surface area (Å²) in [5, 5.41) is 10.2. The van der Waals surface area contributed by atoms with Crippen molar-refractivity contribution in [3.63, 3.8) is 0 Å². The van der Waals surface area contributed by atoms with Gasteiger partial charge in [0.2, 0.25) is 6.79 Å². The Morgan fingerprint density at radius 3 is 2.81 bits per heavy atom. The van der Waals surface area contributed by atoms with Crippen LogP contribution in [0.15, 0.2) is 42.5 Å². The Bertz CT molecular complexity index is 721. The van der Waals surface area contributed by atoms with Gasteiger partial charge in [0.05, 0.1) is 27.4 Å². The Labute approximate surface area is 153 Å². The minimum Gasteiger partial charge on any atom is -0.497 e. The predicted molar refractivity (Wildman–Crippen MR) is 96.7 cm³/mol. The van der Waals surface area contributed by atoms with Crippen LogP contribution in [-0.4, -0.2) is 45.3 Å². The van der Waals surface area contributed by atoms with Gasteiger partial charge in [0.25, 0.3) is 0 Å². The minimum absolute atomic E-state index is 0.265. The second-order valence-electron chi connectivity index (χ2n) is 6.55. The summed E-state index contributed by atoms with van der Waals surface area (Å²) in [7, 11) is 3.72. The zero-order chi connectivity index (χ0) is 18.4. The molecule has 0 amide bonds. The number of quaternary nitrogens is 1. The molecular formula is C20H26NO5+.